The van der Waals surface area contributed by atoms with Crippen molar-refractivity contribution in [1.29, 1.82) is 0 Å². The van der Waals surface area contributed by atoms with E-state index in [1.165, 1.54) is 13.0 Å². The van der Waals surface area contributed by atoms with Crippen molar-refractivity contribution in [3.05, 3.63) is 43.9 Å². The van der Waals surface area contributed by atoms with Crippen molar-refractivity contribution in [1.82, 2.24) is 4.90 Å². The van der Waals surface area contributed by atoms with E-state index >= 15 is 0 Å². The summed E-state index contributed by atoms with van der Waals surface area (Å²) in [4.78, 5) is 63.6. The summed E-state index contributed by atoms with van der Waals surface area (Å²) in [6, 6.07) is -1.35. The molecule has 0 aromatic heterocycles. The Balaban J connectivity index is 2.18. The molecule has 14 heteroatoms. The highest BCUT2D eigenvalue weighted by Gasteiger charge is 2.57. The average Bonchev–Trinajstić information content (AvgIpc) is 3.06. The molecule has 2 aliphatic rings. The molecule has 1 aromatic rings. The van der Waals surface area contributed by atoms with Crippen molar-refractivity contribution in [3.8, 4) is 0 Å². The summed E-state index contributed by atoms with van der Waals surface area (Å²) in [5.41, 5.74) is -0.591. The predicted octanol–water partition coefficient (Wildman–Crippen LogP) is 4.03. The van der Waals surface area contributed by atoms with Crippen LogP contribution in [0.25, 0.3) is 0 Å². The summed E-state index contributed by atoms with van der Waals surface area (Å²) in [6.07, 6.45) is -3.49. The molecule has 10 nitrogen and oxygen atoms in total. The maximum absolute atomic E-state index is 13.6. The van der Waals surface area contributed by atoms with Gasteiger partial charge in [-0.05, 0) is 6.42 Å². The average molecular weight is 597 g/mol. The minimum atomic E-state index is -1.44. The van der Waals surface area contributed by atoms with E-state index in [9.17, 15) is 24.0 Å². The molecule has 5 atom stereocenters. The Bertz CT molecular complexity index is 1140. The van der Waals surface area contributed by atoms with Gasteiger partial charge in [0, 0.05) is 20.8 Å². The summed E-state index contributed by atoms with van der Waals surface area (Å²) in [5.74, 6) is -4.06. The molecule has 3 rings (SSSR count). The first-order valence-electron chi connectivity index (χ1n) is 10.8. The van der Waals surface area contributed by atoms with Crippen LogP contribution in [0.3, 0.4) is 0 Å². The smallest absolute Gasteiger partial charge is 0.303 e. The van der Waals surface area contributed by atoms with Gasteiger partial charge in [-0.3, -0.25) is 28.9 Å². The van der Waals surface area contributed by atoms with Crippen LogP contribution in [-0.4, -0.2) is 71.7 Å². The quantitative estimate of drug-likeness (QED) is 0.114. The zero-order chi connectivity index (χ0) is 27.8. The van der Waals surface area contributed by atoms with Gasteiger partial charge in [0.05, 0.1) is 37.3 Å². The number of carbonyl (C=O) groups excluding carboxylic acids is 5. The summed E-state index contributed by atoms with van der Waals surface area (Å²) >= 11 is 24.8. The number of esters is 3. The maximum atomic E-state index is 13.6. The van der Waals surface area contributed by atoms with Crippen LogP contribution < -0.4 is 0 Å². The Hall–Kier alpha value is -2.37. The fourth-order valence-electron chi connectivity index (χ4n) is 4.31. The van der Waals surface area contributed by atoms with Gasteiger partial charge in [-0.2, -0.15) is 0 Å². The monoisotopic (exact) mass is 595 g/mol. The fraction of sp³-hybridized carbons (Fsp3) is 0.435. The van der Waals surface area contributed by atoms with Gasteiger partial charge >= 0.3 is 17.9 Å². The number of benzene rings is 1. The summed E-state index contributed by atoms with van der Waals surface area (Å²) in [5, 5.41) is -1.05. The molecule has 0 N–H and O–H groups in total. The van der Waals surface area contributed by atoms with Crippen LogP contribution in [0, 0.1) is 0 Å². The molecular weight excluding hydrogens is 576 g/mol. The highest BCUT2D eigenvalue weighted by Crippen LogP contribution is 2.46. The van der Waals surface area contributed by atoms with Gasteiger partial charge in [0.25, 0.3) is 11.8 Å². The first kappa shape index (κ1) is 29.2. The largest absolute Gasteiger partial charge is 0.463 e. The molecular formula is C23H21Cl4NO9. The number of halogens is 4. The van der Waals surface area contributed by atoms with Gasteiger partial charge in [0.1, 0.15) is 18.8 Å². The lowest BCUT2D eigenvalue weighted by Crippen LogP contribution is -2.67. The lowest BCUT2D eigenvalue weighted by atomic mass is 9.89. The van der Waals surface area contributed by atoms with E-state index in [-0.39, 0.29) is 44.2 Å². The van der Waals surface area contributed by atoms with Gasteiger partial charge < -0.3 is 18.9 Å². The molecule has 2 aliphatic heterocycles. The molecule has 0 bridgehead atoms. The third kappa shape index (κ3) is 5.58. The number of hydrogen-bond donors (Lipinski definition) is 0. The number of hydrogen-bond acceptors (Lipinski definition) is 9. The zero-order valence-electron chi connectivity index (χ0n) is 19.7. The van der Waals surface area contributed by atoms with Crippen molar-refractivity contribution in [2.75, 3.05) is 6.61 Å². The molecule has 200 valence electrons. The molecule has 1 aromatic carbocycles. The Morgan fingerprint density at radius 3 is 1.76 bits per heavy atom. The number of rotatable bonds is 7. The molecule has 0 radical (unpaired) electrons. The molecule has 2 heterocycles. The highest BCUT2D eigenvalue weighted by atomic mass is 35.5. The van der Waals surface area contributed by atoms with E-state index in [1.54, 1.807) is 0 Å². The van der Waals surface area contributed by atoms with Crippen LogP contribution in [0.2, 0.25) is 20.1 Å². The number of imide groups is 1. The third-order valence-corrected chi connectivity index (χ3v) is 7.44. The zero-order valence-corrected chi connectivity index (χ0v) is 22.7. The van der Waals surface area contributed by atoms with Crippen LogP contribution in [0.5, 0.6) is 0 Å². The SMILES string of the molecule is C=CC[C@@H]1O[C@H](COC(C)=O)[C@@H](OC(C)=O)[C@H](OC(C)=O)[C@H]1N1C(=O)c2c(Cl)c(Cl)c(Cl)c(Cl)c2C1=O. The lowest BCUT2D eigenvalue weighted by Gasteiger charge is -2.47. The molecule has 0 saturated carbocycles. The van der Waals surface area contributed by atoms with Crippen LogP contribution in [0.4, 0.5) is 0 Å². The Labute approximate surface area is 231 Å². The number of ether oxygens (including phenoxy) is 4. The molecule has 2 amide bonds. The Kier molecular flexibility index (Phi) is 9.13. The minimum absolute atomic E-state index is 0.0438. The number of nitrogens with zero attached hydrogens (tertiary/aromatic N) is 1. The molecule has 0 aliphatic carbocycles. The van der Waals surface area contributed by atoms with Crippen molar-refractivity contribution in [2.24, 2.45) is 0 Å². The number of fused-ring (bicyclic) bond motifs is 1. The molecule has 0 spiro atoms. The second kappa shape index (κ2) is 11.6. The molecule has 0 unspecified atom stereocenters. The van der Waals surface area contributed by atoms with E-state index in [1.807, 2.05) is 0 Å². The topological polar surface area (TPSA) is 126 Å². The predicted molar refractivity (Wildman–Crippen MR) is 132 cm³/mol. The van der Waals surface area contributed by atoms with Gasteiger partial charge in [0.2, 0.25) is 0 Å². The normalized spacial score (nSPS) is 24.9. The van der Waals surface area contributed by atoms with Crippen LogP contribution in [-0.2, 0) is 33.3 Å². The van der Waals surface area contributed by atoms with Crippen molar-refractivity contribution < 1.29 is 42.9 Å². The van der Waals surface area contributed by atoms with E-state index in [2.05, 4.69) is 6.58 Å². The van der Waals surface area contributed by atoms with Gasteiger partial charge in [0.15, 0.2) is 12.2 Å². The first-order valence-corrected chi connectivity index (χ1v) is 12.3. The van der Waals surface area contributed by atoms with E-state index in [0.29, 0.717) is 0 Å². The van der Waals surface area contributed by atoms with Crippen molar-refractivity contribution in [2.45, 2.75) is 57.6 Å². The summed E-state index contributed by atoms with van der Waals surface area (Å²) < 4.78 is 22.0. The first-order chi connectivity index (χ1) is 17.3. The maximum Gasteiger partial charge on any atom is 0.303 e. The Morgan fingerprint density at radius 1 is 0.838 bits per heavy atom. The lowest BCUT2D eigenvalue weighted by molar-refractivity contribution is -0.229. The van der Waals surface area contributed by atoms with Crippen LogP contribution in [0.15, 0.2) is 12.7 Å². The van der Waals surface area contributed by atoms with Gasteiger partial charge in [-0.1, -0.05) is 52.5 Å². The second-order valence-corrected chi connectivity index (χ2v) is 9.68. The van der Waals surface area contributed by atoms with E-state index < -0.39 is 60.2 Å². The standard InChI is InChI=1S/C23H21Cl4NO9/c1-5-6-11-19(28-22(32)13-14(23(28)33)16(25)18(27)17(26)15(13)24)21(36-10(4)31)20(35-9(3)30)12(37-11)7-34-8(2)29/h5,11-12,19-21H,1,6-7H2,2-4H3/t11-,12+,19-,20+,21+/m0/s1. The second-order valence-electron chi connectivity index (χ2n) is 8.16. The van der Waals surface area contributed by atoms with E-state index in [0.717, 1.165) is 18.7 Å². The van der Waals surface area contributed by atoms with Gasteiger partial charge in [-0.15, -0.1) is 6.58 Å². The highest BCUT2D eigenvalue weighted by molar-refractivity contribution is 6.55. The molecule has 1 fully saturated rings. The minimum Gasteiger partial charge on any atom is -0.463 e. The summed E-state index contributed by atoms with van der Waals surface area (Å²) in [7, 11) is 0. The van der Waals surface area contributed by atoms with Crippen LogP contribution >= 0.6 is 46.4 Å². The fourth-order valence-corrected chi connectivity index (χ4v) is 5.32. The molecule has 1 saturated heterocycles. The van der Waals surface area contributed by atoms with Crippen LogP contribution in [0.1, 0.15) is 47.9 Å². The number of amides is 2. The summed E-state index contributed by atoms with van der Waals surface area (Å²) in [6.45, 7) is 6.66. The number of carbonyl (C=O) groups is 5. The third-order valence-electron chi connectivity index (χ3n) is 5.64. The van der Waals surface area contributed by atoms with E-state index in [4.69, 9.17) is 65.4 Å². The molecule has 37 heavy (non-hydrogen) atoms. The van der Waals surface area contributed by atoms with Crippen molar-refractivity contribution >= 4 is 76.1 Å². The van der Waals surface area contributed by atoms with Gasteiger partial charge in [-0.25, -0.2) is 0 Å². The Morgan fingerprint density at radius 2 is 1.32 bits per heavy atom. The van der Waals surface area contributed by atoms with Crippen molar-refractivity contribution in [3.63, 3.8) is 0 Å².